The van der Waals surface area contributed by atoms with Crippen molar-refractivity contribution >= 4 is 33.3 Å². The van der Waals surface area contributed by atoms with Gasteiger partial charge >= 0.3 is 0 Å². The second-order valence-corrected chi connectivity index (χ2v) is 6.74. The van der Waals surface area contributed by atoms with Crippen molar-refractivity contribution < 1.29 is 23.2 Å². The van der Waals surface area contributed by atoms with E-state index < -0.39 is 0 Å². The van der Waals surface area contributed by atoms with Gasteiger partial charge in [0.2, 0.25) is 5.91 Å². The number of Topliss-reactive ketones (excluding diaryl/α,β-unsaturated/α-hetero) is 1. The smallest absolute Gasteiger partial charge is 0.283 e. The van der Waals surface area contributed by atoms with Crippen molar-refractivity contribution in [3.63, 3.8) is 0 Å². The maximum atomic E-state index is 12.0. The number of ketones is 1. The highest BCUT2D eigenvalue weighted by atomic mass is 79.9. The molecule has 1 N–H and O–H groups in total. The highest BCUT2D eigenvalue weighted by molar-refractivity contribution is 9.10. The first kappa shape index (κ1) is 19.8. The maximum Gasteiger partial charge on any atom is 0.283 e. The Bertz CT molecular complexity index is 995. The number of aromatic nitrogens is 2. The van der Waals surface area contributed by atoms with Crippen molar-refractivity contribution in [2.75, 3.05) is 5.32 Å². The quantitative estimate of drug-likeness (QED) is 0.502. The third kappa shape index (κ3) is 4.86. The normalized spacial score (nSPS) is 10.7. The minimum atomic E-state index is -0.187. The van der Waals surface area contributed by atoms with Gasteiger partial charge < -0.3 is 18.9 Å². The van der Waals surface area contributed by atoms with Crippen molar-refractivity contribution in [1.82, 2.24) is 10.2 Å². The highest BCUT2D eigenvalue weighted by Crippen LogP contribution is 2.26. The molecule has 0 saturated carbocycles. The third-order valence-electron chi connectivity index (χ3n) is 3.72. The first-order valence-electron chi connectivity index (χ1n) is 8.62. The molecular formula is C19H18BrN3O5. The molecule has 3 aromatic rings. The Morgan fingerprint density at radius 2 is 2.00 bits per heavy atom. The number of halogens is 1. The molecule has 1 aromatic carbocycles. The molecule has 0 bridgehead atoms. The molecule has 3 rings (SSSR count). The Morgan fingerprint density at radius 1 is 1.18 bits per heavy atom. The predicted molar refractivity (Wildman–Crippen MR) is 104 cm³/mol. The number of anilines is 1. The van der Waals surface area contributed by atoms with Crippen LogP contribution in [-0.4, -0.2) is 21.9 Å². The molecule has 0 spiro atoms. The molecule has 8 nitrogen and oxygen atoms in total. The molecule has 0 aliphatic carbocycles. The standard InChI is InChI=1S/C19H18BrN3O5/c1-3-4-17(25)21-12-5-6-14(13(9-12)11(2)24)26-10-18-22-23-19(28-18)15-7-8-16(20)27-15/h5-9H,3-4,10H2,1-2H3,(H,21,25). The fourth-order valence-electron chi connectivity index (χ4n) is 2.44. The number of hydrogen-bond donors (Lipinski definition) is 1. The molecule has 2 aromatic heterocycles. The molecule has 28 heavy (non-hydrogen) atoms. The summed E-state index contributed by atoms with van der Waals surface area (Å²) in [6.07, 6.45) is 1.16. The lowest BCUT2D eigenvalue weighted by molar-refractivity contribution is -0.116. The van der Waals surface area contributed by atoms with E-state index in [1.807, 2.05) is 6.92 Å². The van der Waals surface area contributed by atoms with Gasteiger partial charge in [-0.25, -0.2) is 0 Å². The first-order chi connectivity index (χ1) is 13.5. The first-order valence-corrected chi connectivity index (χ1v) is 9.41. The summed E-state index contributed by atoms with van der Waals surface area (Å²) in [5.41, 5.74) is 0.892. The zero-order valence-corrected chi connectivity index (χ0v) is 16.9. The number of benzene rings is 1. The Labute approximate surface area is 169 Å². The number of furan rings is 1. The van der Waals surface area contributed by atoms with Gasteiger partial charge in [0.05, 0.1) is 5.56 Å². The number of carbonyl (C=O) groups is 2. The van der Waals surface area contributed by atoms with Gasteiger partial charge in [-0.05, 0) is 59.6 Å². The van der Waals surface area contributed by atoms with Crippen LogP contribution in [0.15, 0.2) is 43.8 Å². The van der Waals surface area contributed by atoms with Crippen LogP contribution < -0.4 is 10.1 Å². The van der Waals surface area contributed by atoms with E-state index in [0.717, 1.165) is 6.42 Å². The minimum Gasteiger partial charge on any atom is -0.483 e. The van der Waals surface area contributed by atoms with Crippen molar-refractivity contribution in [3.05, 3.63) is 46.5 Å². The highest BCUT2D eigenvalue weighted by Gasteiger charge is 2.15. The summed E-state index contributed by atoms with van der Waals surface area (Å²) in [6, 6.07) is 8.30. The number of ether oxygens (including phenoxy) is 1. The number of rotatable bonds is 8. The van der Waals surface area contributed by atoms with Crippen LogP contribution in [0.5, 0.6) is 5.75 Å². The zero-order valence-electron chi connectivity index (χ0n) is 15.3. The number of hydrogen-bond acceptors (Lipinski definition) is 7. The molecule has 0 saturated heterocycles. The van der Waals surface area contributed by atoms with Crippen molar-refractivity contribution in [1.29, 1.82) is 0 Å². The van der Waals surface area contributed by atoms with Crippen molar-refractivity contribution in [3.8, 4) is 17.4 Å². The molecule has 0 fully saturated rings. The summed E-state index contributed by atoms with van der Waals surface area (Å²) < 4.78 is 17.1. The van der Waals surface area contributed by atoms with Crippen LogP contribution in [-0.2, 0) is 11.4 Å². The van der Waals surface area contributed by atoms with Crippen LogP contribution in [0.4, 0.5) is 5.69 Å². The van der Waals surface area contributed by atoms with Crippen molar-refractivity contribution in [2.45, 2.75) is 33.3 Å². The maximum absolute atomic E-state index is 12.0. The van der Waals surface area contributed by atoms with Gasteiger partial charge in [0.1, 0.15) is 5.75 Å². The molecular weight excluding hydrogens is 430 g/mol. The minimum absolute atomic E-state index is 0.0172. The lowest BCUT2D eigenvalue weighted by atomic mass is 10.1. The van der Waals surface area contributed by atoms with E-state index >= 15 is 0 Å². The lowest BCUT2D eigenvalue weighted by Gasteiger charge is -2.11. The van der Waals surface area contributed by atoms with E-state index in [9.17, 15) is 9.59 Å². The Kier molecular flexibility index (Phi) is 6.25. The Morgan fingerprint density at radius 3 is 2.68 bits per heavy atom. The Hall–Kier alpha value is -2.94. The van der Waals surface area contributed by atoms with E-state index in [4.69, 9.17) is 13.6 Å². The average Bonchev–Trinajstić information content (AvgIpc) is 3.29. The van der Waals surface area contributed by atoms with Gasteiger partial charge in [-0.15, -0.1) is 10.2 Å². The molecule has 146 valence electrons. The topological polar surface area (TPSA) is 107 Å². The van der Waals surface area contributed by atoms with Gasteiger partial charge in [-0.2, -0.15) is 0 Å². The molecule has 9 heteroatoms. The number of nitrogens with one attached hydrogen (secondary N) is 1. The number of amides is 1. The molecule has 0 aliphatic rings. The van der Waals surface area contributed by atoms with E-state index in [2.05, 4.69) is 31.4 Å². The second kappa shape index (κ2) is 8.83. The summed E-state index contributed by atoms with van der Waals surface area (Å²) in [6.45, 7) is 3.33. The molecule has 2 heterocycles. The van der Waals surface area contributed by atoms with Crippen LogP contribution in [0.25, 0.3) is 11.7 Å². The van der Waals surface area contributed by atoms with Gasteiger partial charge in [0, 0.05) is 12.1 Å². The van der Waals surface area contributed by atoms with Crippen LogP contribution in [0.1, 0.15) is 42.9 Å². The SMILES string of the molecule is CCCC(=O)Nc1ccc(OCc2nnc(-c3ccc(Br)o3)o2)c(C(C)=O)c1. The van der Waals surface area contributed by atoms with E-state index in [0.29, 0.717) is 33.9 Å². The fourth-order valence-corrected chi connectivity index (χ4v) is 2.75. The Balaban J connectivity index is 1.70. The zero-order chi connectivity index (χ0) is 20.1. The molecule has 0 atom stereocenters. The van der Waals surface area contributed by atoms with Crippen molar-refractivity contribution in [2.24, 2.45) is 0 Å². The predicted octanol–water partition coefficient (Wildman–Crippen LogP) is 4.61. The monoisotopic (exact) mass is 447 g/mol. The fraction of sp³-hybridized carbons (Fsp3) is 0.263. The largest absolute Gasteiger partial charge is 0.483 e. The van der Waals surface area contributed by atoms with Crippen LogP contribution in [0, 0.1) is 0 Å². The summed E-state index contributed by atoms with van der Waals surface area (Å²) in [7, 11) is 0. The summed E-state index contributed by atoms with van der Waals surface area (Å²) in [4.78, 5) is 23.7. The van der Waals surface area contributed by atoms with E-state index in [-0.39, 0.29) is 30.1 Å². The summed E-state index contributed by atoms with van der Waals surface area (Å²) >= 11 is 3.21. The van der Waals surface area contributed by atoms with E-state index in [1.54, 1.807) is 30.3 Å². The van der Waals surface area contributed by atoms with Crippen LogP contribution in [0.2, 0.25) is 0 Å². The van der Waals surface area contributed by atoms with Crippen LogP contribution >= 0.6 is 15.9 Å². The second-order valence-electron chi connectivity index (χ2n) is 5.96. The molecule has 0 radical (unpaired) electrons. The number of carbonyl (C=O) groups excluding carboxylic acids is 2. The van der Waals surface area contributed by atoms with Crippen LogP contribution in [0.3, 0.4) is 0 Å². The molecule has 1 amide bonds. The third-order valence-corrected chi connectivity index (χ3v) is 4.15. The molecule has 0 aliphatic heterocycles. The lowest BCUT2D eigenvalue weighted by Crippen LogP contribution is -2.11. The van der Waals surface area contributed by atoms with Gasteiger partial charge in [0.25, 0.3) is 11.8 Å². The average molecular weight is 448 g/mol. The summed E-state index contributed by atoms with van der Waals surface area (Å²) in [5.74, 6) is 0.966. The van der Waals surface area contributed by atoms with Gasteiger partial charge in [0.15, 0.2) is 22.8 Å². The van der Waals surface area contributed by atoms with E-state index in [1.165, 1.54) is 6.92 Å². The van der Waals surface area contributed by atoms with Gasteiger partial charge in [-0.1, -0.05) is 6.92 Å². The van der Waals surface area contributed by atoms with Gasteiger partial charge in [-0.3, -0.25) is 9.59 Å². The summed E-state index contributed by atoms with van der Waals surface area (Å²) in [5, 5.41) is 10.6. The number of nitrogens with zero attached hydrogens (tertiary/aromatic N) is 2. The molecule has 0 unspecified atom stereocenters.